The molecule has 0 unspecified atom stereocenters. The molecule has 2 aromatic carbocycles. The van der Waals surface area contributed by atoms with Crippen molar-refractivity contribution >= 4 is 29.2 Å². The minimum Gasteiger partial charge on any atom is -0.443 e. The molecule has 2 heterocycles. The number of nitrogens with zero attached hydrogens (tertiary/aromatic N) is 2. The number of nitriles is 1. The predicted molar refractivity (Wildman–Crippen MR) is 122 cm³/mol. The summed E-state index contributed by atoms with van der Waals surface area (Å²) in [6.07, 6.45) is 1.35. The Kier molecular flexibility index (Phi) is 5.37. The molecule has 4 rings (SSSR count). The van der Waals surface area contributed by atoms with Crippen molar-refractivity contribution in [3.8, 4) is 6.07 Å². The number of halogens is 2. The zero-order chi connectivity index (χ0) is 22.6. The zero-order valence-electron chi connectivity index (χ0n) is 18.2. The van der Waals surface area contributed by atoms with Gasteiger partial charge in [-0.3, -0.25) is 4.79 Å². The molecule has 0 N–H and O–H groups in total. The van der Waals surface area contributed by atoms with Crippen LogP contribution < -0.4 is 0 Å². The van der Waals surface area contributed by atoms with Gasteiger partial charge in [-0.2, -0.15) is 5.26 Å². The molecule has 2 aliphatic heterocycles. The monoisotopic (exact) mass is 456 g/mol. The highest BCUT2D eigenvalue weighted by Crippen LogP contribution is 2.64. The maximum atomic E-state index is 13.3. The molecule has 2 saturated heterocycles. The first-order chi connectivity index (χ1) is 14.7. The van der Waals surface area contributed by atoms with Crippen LogP contribution in [0, 0.1) is 11.3 Å². The summed E-state index contributed by atoms with van der Waals surface area (Å²) in [4.78, 5) is 15.5. The number of hydrogen-bond donors (Lipinski definition) is 0. The van der Waals surface area contributed by atoms with Gasteiger partial charge in [-0.15, -0.1) is 0 Å². The van der Waals surface area contributed by atoms with E-state index in [9.17, 15) is 10.1 Å². The summed E-state index contributed by atoms with van der Waals surface area (Å²) in [5.74, 6) is -0.751. The van der Waals surface area contributed by atoms with Gasteiger partial charge in [0.05, 0.1) is 6.07 Å². The number of ether oxygens (including phenoxy) is 1. The lowest BCUT2D eigenvalue weighted by molar-refractivity contribution is -0.155. The van der Waals surface area contributed by atoms with Gasteiger partial charge < -0.3 is 4.74 Å². The molecule has 0 amide bonds. The Hall–Kier alpha value is -2.06. The van der Waals surface area contributed by atoms with Crippen LogP contribution >= 0.6 is 23.2 Å². The molecule has 31 heavy (non-hydrogen) atoms. The normalized spacial score (nSPS) is 28.7. The summed E-state index contributed by atoms with van der Waals surface area (Å²) in [5.41, 5.74) is -0.769. The largest absolute Gasteiger partial charge is 0.443 e. The van der Waals surface area contributed by atoms with E-state index in [4.69, 9.17) is 27.9 Å². The highest BCUT2D eigenvalue weighted by molar-refractivity contribution is 6.30. The first kappa shape index (κ1) is 22.1. The Morgan fingerprint density at radius 1 is 1.06 bits per heavy atom. The van der Waals surface area contributed by atoms with Crippen LogP contribution in [0.25, 0.3) is 0 Å². The number of esters is 1. The average Bonchev–Trinajstić information content (AvgIpc) is 3.15. The fourth-order valence-electron chi connectivity index (χ4n) is 6.26. The second kappa shape index (κ2) is 7.52. The number of benzene rings is 2. The van der Waals surface area contributed by atoms with Crippen molar-refractivity contribution < 1.29 is 9.53 Å². The van der Waals surface area contributed by atoms with Gasteiger partial charge in [0.1, 0.15) is 11.5 Å². The lowest BCUT2D eigenvalue weighted by atomic mass is 9.57. The summed E-state index contributed by atoms with van der Waals surface area (Å²) in [6, 6.07) is 17.1. The number of carbonyl (C=O) groups excluding carboxylic acids is 1. The molecule has 2 fully saturated rings. The minimum absolute atomic E-state index is 0.299. The number of fused-ring (bicyclic) bond motifs is 1. The number of carbonyl (C=O) groups is 1. The third-order valence-electron chi connectivity index (χ3n) is 7.28. The molecule has 0 bridgehead atoms. The van der Waals surface area contributed by atoms with Crippen LogP contribution in [0.15, 0.2) is 48.5 Å². The van der Waals surface area contributed by atoms with Gasteiger partial charge in [-0.1, -0.05) is 61.3 Å². The quantitative estimate of drug-likeness (QED) is 0.523. The van der Waals surface area contributed by atoms with Crippen molar-refractivity contribution in [1.29, 1.82) is 5.26 Å². The van der Waals surface area contributed by atoms with E-state index < -0.39 is 28.6 Å². The number of cyclic esters (lactones) is 1. The van der Waals surface area contributed by atoms with Crippen LogP contribution in [-0.4, -0.2) is 28.2 Å². The molecular weight excluding hydrogens is 431 g/mol. The smallest absolute Gasteiger partial charge is 0.325 e. The van der Waals surface area contributed by atoms with Crippen LogP contribution in [0.1, 0.15) is 57.6 Å². The maximum Gasteiger partial charge on any atom is 0.325 e. The molecule has 162 valence electrons. The third-order valence-corrected chi connectivity index (χ3v) is 7.77. The van der Waals surface area contributed by atoms with E-state index in [1.54, 1.807) is 6.07 Å². The summed E-state index contributed by atoms with van der Waals surface area (Å²) < 4.78 is 5.87. The van der Waals surface area contributed by atoms with Gasteiger partial charge >= 0.3 is 5.97 Å². The highest BCUT2D eigenvalue weighted by atomic mass is 35.5. The van der Waals surface area contributed by atoms with E-state index in [2.05, 4.69) is 24.8 Å². The van der Waals surface area contributed by atoms with Gasteiger partial charge in [-0.05, 0) is 62.1 Å². The molecule has 3 atom stereocenters. The lowest BCUT2D eigenvalue weighted by Crippen LogP contribution is -2.61. The predicted octanol–water partition coefficient (Wildman–Crippen LogP) is 6.07. The van der Waals surface area contributed by atoms with Crippen molar-refractivity contribution in [3.63, 3.8) is 0 Å². The Bertz CT molecular complexity index is 1060. The number of hydrogen-bond acceptors (Lipinski definition) is 4. The minimum atomic E-state index is -1.01. The van der Waals surface area contributed by atoms with Crippen LogP contribution in [0.2, 0.25) is 10.0 Å². The van der Waals surface area contributed by atoms with E-state index >= 15 is 0 Å². The van der Waals surface area contributed by atoms with Crippen LogP contribution in [0.4, 0.5) is 0 Å². The van der Waals surface area contributed by atoms with Crippen LogP contribution in [-0.2, 0) is 14.9 Å². The Balaban J connectivity index is 2.12. The second-order valence-electron chi connectivity index (χ2n) is 8.88. The van der Waals surface area contributed by atoms with E-state index in [-0.39, 0.29) is 5.97 Å². The average molecular weight is 457 g/mol. The summed E-state index contributed by atoms with van der Waals surface area (Å²) in [5, 5.41) is 12.1. The van der Waals surface area contributed by atoms with Crippen molar-refractivity contribution in [3.05, 3.63) is 69.7 Å². The summed E-state index contributed by atoms with van der Waals surface area (Å²) >= 11 is 12.6. The van der Waals surface area contributed by atoms with Crippen molar-refractivity contribution in [2.75, 3.05) is 0 Å². The highest BCUT2D eigenvalue weighted by Gasteiger charge is 2.75. The first-order valence-electron chi connectivity index (χ1n) is 10.6. The molecular formula is C25H26Cl2N2O2. The standard InChI is InChI=1S/C25H26Cl2N2O2/c1-5-24(6-2)25(15-28,17-10-12-18(26)13-11-17)20(16-8-7-9-19(27)14-16)21-22(30)31-23(3,4)29(21)24/h7-14,20-21H,5-6H2,1-4H3/t20-,21+,25+/m0/s1. The van der Waals surface area contributed by atoms with E-state index in [0.29, 0.717) is 22.9 Å². The topological polar surface area (TPSA) is 53.3 Å². The van der Waals surface area contributed by atoms with Crippen LogP contribution in [0.3, 0.4) is 0 Å². The molecule has 0 aliphatic carbocycles. The SMILES string of the molecule is CCC1(CC)N2[C@@H](C(=O)OC2(C)C)[C@H](c2cccc(Cl)c2)[C@@]1(C#N)c1ccc(Cl)cc1. The molecule has 0 spiro atoms. The second-order valence-corrected chi connectivity index (χ2v) is 9.75. The van der Waals surface area contributed by atoms with Crippen LogP contribution in [0.5, 0.6) is 0 Å². The maximum absolute atomic E-state index is 13.3. The van der Waals surface area contributed by atoms with E-state index in [1.165, 1.54) is 0 Å². The molecule has 0 aromatic heterocycles. The molecule has 0 saturated carbocycles. The van der Waals surface area contributed by atoms with Gasteiger partial charge in [0.25, 0.3) is 0 Å². The van der Waals surface area contributed by atoms with Crippen molar-refractivity contribution in [1.82, 2.24) is 4.90 Å². The number of rotatable bonds is 4. The van der Waals surface area contributed by atoms with Crippen molar-refractivity contribution in [2.45, 2.75) is 69.2 Å². The Morgan fingerprint density at radius 2 is 1.71 bits per heavy atom. The Labute approximate surface area is 193 Å². The fourth-order valence-corrected chi connectivity index (χ4v) is 6.58. The van der Waals surface area contributed by atoms with Gasteiger partial charge in [0.15, 0.2) is 5.72 Å². The van der Waals surface area contributed by atoms with E-state index in [1.807, 2.05) is 56.3 Å². The fraction of sp³-hybridized carbons (Fsp3) is 0.440. The molecule has 6 heteroatoms. The Morgan fingerprint density at radius 3 is 2.26 bits per heavy atom. The summed E-state index contributed by atoms with van der Waals surface area (Å²) in [7, 11) is 0. The summed E-state index contributed by atoms with van der Waals surface area (Å²) in [6.45, 7) is 7.99. The molecule has 0 radical (unpaired) electrons. The van der Waals surface area contributed by atoms with E-state index in [0.717, 1.165) is 11.1 Å². The van der Waals surface area contributed by atoms with Gasteiger partial charge in [0.2, 0.25) is 0 Å². The third kappa shape index (κ3) is 2.87. The van der Waals surface area contributed by atoms with Gasteiger partial charge in [0, 0.05) is 21.5 Å². The van der Waals surface area contributed by atoms with Gasteiger partial charge in [-0.25, -0.2) is 4.90 Å². The molecule has 2 aliphatic rings. The molecule has 2 aromatic rings. The molecule has 4 nitrogen and oxygen atoms in total. The lowest BCUT2D eigenvalue weighted by Gasteiger charge is -2.50. The van der Waals surface area contributed by atoms with Crippen molar-refractivity contribution in [2.24, 2.45) is 0 Å². The first-order valence-corrected chi connectivity index (χ1v) is 11.4. The zero-order valence-corrected chi connectivity index (χ0v) is 19.7.